The van der Waals surface area contributed by atoms with Crippen molar-refractivity contribution in [2.24, 2.45) is 0 Å². The number of amides is 1. The highest BCUT2D eigenvalue weighted by atomic mass is 16.7. The largest absolute Gasteiger partial charge is 0.394 e. The maximum absolute atomic E-state index is 13.3. The molecule has 1 amide bonds. The maximum Gasteiger partial charge on any atom is 0.220 e. The van der Waals surface area contributed by atoms with E-state index >= 15 is 0 Å². The number of ether oxygens (including phenoxy) is 4. The summed E-state index contributed by atoms with van der Waals surface area (Å²) in [6.07, 6.45) is 49.9. The van der Waals surface area contributed by atoms with Crippen molar-refractivity contribution in [1.29, 1.82) is 0 Å². The molecule has 2 saturated heterocycles. The molecule has 0 saturated carbocycles. The molecule has 0 spiro atoms. The molecule has 2 heterocycles. The van der Waals surface area contributed by atoms with Gasteiger partial charge in [-0.2, -0.15) is 0 Å². The SMILES string of the molecule is CCCCCCCCCCCCCCCCCC/C=C/C(O)C(COC1OC(CO)C(OC2OC(CO)C(O)C(O)C2O)C(O)C1O)NC(=O)CCCCCCCCCCCCCCCCCCCCCCCCCCCCCCCCC. The van der Waals surface area contributed by atoms with Crippen molar-refractivity contribution in [3.05, 3.63) is 12.2 Å². The molecule has 0 radical (unpaired) electrons. The van der Waals surface area contributed by atoms with Gasteiger partial charge < -0.3 is 65.1 Å². The minimum atomic E-state index is -1.79. The van der Waals surface area contributed by atoms with E-state index in [-0.39, 0.29) is 18.9 Å². The highest BCUT2D eigenvalue weighted by Crippen LogP contribution is 2.30. The van der Waals surface area contributed by atoms with Crippen LogP contribution in [0.4, 0.5) is 0 Å². The molecule has 14 heteroatoms. The summed E-state index contributed by atoms with van der Waals surface area (Å²) in [5.74, 6) is -0.231. The Hall–Kier alpha value is -1.27. The molecule has 492 valence electrons. The van der Waals surface area contributed by atoms with Gasteiger partial charge in [0.25, 0.3) is 0 Å². The number of rotatable bonds is 59. The van der Waals surface area contributed by atoms with Gasteiger partial charge >= 0.3 is 0 Å². The lowest BCUT2D eigenvalue weighted by atomic mass is 9.97. The van der Waals surface area contributed by atoms with Crippen LogP contribution in [0.3, 0.4) is 0 Å². The minimum absolute atomic E-state index is 0.231. The predicted molar refractivity (Wildman–Crippen MR) is 337 cm³/mol. The molecule has 2 aliphatic heterocycles. The lowest BCUT2D eigenvalue weighted by Gasteiger charge is -2.46. The zero-order valence-corrected chi connectivity index (χ0v) is 53.5. The number of hydrogen-bond donors (Lipinski definition) is 9. The van der Waals surface area contributed by atoms with Crippen molar-refractivity contribution in [2.45, 2.75) is 402 Å². The molecule has 14 nitrogen and oxygen atoms in total. The topological polar surface area (TPSA) is 228 Å². The Balaban J connectivity index is 1.64. The van der Waals surface area contributed by atoms with Crippen molar-refractivity contribution in [1.82, 2.24) is 5.32 Å². The van der Waals surface area contributed by atoms with E-state index < -0.39 is 86.8 Å². The number of allylic oxidation sites excluding steroid dienone is 1. The third-order valence-electron chi connectivity index (χ3n) is 17.7. The number of unbranched alkanes of at least 4 members (excludes halogenated alkanes) is 46. The van der Waals surface area contributed by atoms with Gasteiger partial charge in [0, 0.05) is 6.42 Å². The molecule has 12 atom stereocenters. The lowest BCUT2D eigenvalue weighted by Crippen LogP contribution is -2.65. The summed E-state index contributed by atoms with van der Waals surface area (Å²) in [6, 6.07) is -0.911. The van der Waals surface area contributed by atoms with Crippen molar-refractivity contribution in [2.75, 3.05) is 19.8 Å². The Morgan fingerprint density at radius 1 is 0.422 bits per heavy atom. The third-order valence-corrected chi connectivity index (χ3v) is 17.7. The summed E-state index contributed by atoms with van der Waals surface area (Å²) < 4.78 is 22.9. The third kappa shape index (κ3) is 39.4. The number of hydrogen-bond acceptors (Lipinski definition) is 13. The number of carbonyl (C=O) groups excluding carboxylic acids is 1. The molecule has 0 aliphatic carbocycles. The first kappa shape index (κ1) is 77.8. The van der Waals surface area contributed by atoms with Crippen LogP contribution in [0.5, 0.6) is 0 Å². The quantitative estimate of drug-likeness (QED) is 0.0204. The fourth-order valence-electron chi connectivity index (χ4n) is 12.1. The van der Waals surface area contributed by atoms with Gasteiger partial charge in [0.15, 0.2) is 12.6 Å². The fourth-order valence-corrected chi connectivity index (χ4v) is 12.1. The number of aliphatic hydroxyl groups is 8. The Bertz CT molecular complexity index is 1440. The maximum atomic E-state index is 13.3. The monoisotopic (exact) mass is 1180 g/mol. The van der Waals surface area contributed by atoms with Crippen LogP contribution in [-0.4, -0.2) is 140 Å². The second-order valence-corrected chi connectivity index (χ2v) is 25.4. The number of carbonyl (C=O) groups is 1. The Kier molecular flexibility index (Phi) is 51.4. The van der Waals surface area contributed by atoms with E-state index in [0.717, 1.165) is 44.9 Å². The van der Waals surface area contributed by atoms with Crippen LogP contribution in [0.2, 0.25) is 0 Å². The minimum Gasteiger partial charge on any atom is -0.394 e. The number of nitrogens with one attached hydrogen (secondary N) is 1. The highest BCUT2D eigenvalue weighted by molar-refractivity contribution is 5.76. The van der Waals surface area contributed by atoms with Crippen LogP contribution in [0, 0.1) is 0 Å². The first-order chi connectivity index (χ1) is 40.6. The van der Waals surface area contributed by atoms with Crippen LogP contribution in [0.25, 0.3) is 0 Å². The molecule has 2 rings (SSSR count). The van der Waals surface area contributed by atoms with E-state index in [1.54, 1.807) is 6.08 Å². The fraction of sp³-hybridized carbons (Fsp3) is 0.957. The smallest absolute Gasteiger partial charge is 0.220 e. The second kappa shape index (κ2) is 54.8. The van der Waals surface area contributed by atoms with Gasteiger partial charge in [0.1, 0.15) is 48.8 Å². The van der Waals surface area contributed by atoms with E-state index in [1.807, 2.05) is 6.08 Å². The van der Waals surface area contributed by atoms with Crippen LogP contribution in [0.1, 0.15) is 328 Å². The predicted octanol–water partition coefficient (Wildman–Crippen LogP) is 14.2. The molecule has 0 aromatic heterocycles. The van der Waals surface area contributed by atoms with E-state index in [0.29, 0.717) is 0 Å². The van der Waals surface area contributed by atoms with Crippen LogP contribution < -0.4 is 5.32 Å². The van der Waals surface area contributed by atoms with Crippen molar-refractivity contribution < 1.29 is 64.6 Å². The number of aliphatic hydroxyl groups excluding tert-OH is 8. The van der Waals surface area contributed by atoms with Crippen molar-refractivity contribution in [3.8, 4) is 0 Å². The van der Waals surface area contributed by atoms with E-state index in [4.69, 9.17) is 18.9 Å². The van der Waals surface area contributed by atoms with Crippen molar-refractivity contribution in [3.63, 3.8) is 0 Å². The highest BCUT2D eigenvalue weighted by Gasteiger charge is 2.51. The van der Waals surface area contributed by atoms with E-state index in [1.165, 1.54) is 263 Å². The average Bonchev–Trinajstić information content (AvgIpc) is 3.59. The average molecular weight is 1180 g/mol. The molecule has 83 heavy (non-hydrogen) atoms. The molecular formula is C69H133NO13. The molecule has 12 unspecified atom stereocenters. The zero-order chi connectivity index (χ0) is 60.2. The van der Waals surface area contributed by atoms with Crippen LogP contribution in [-0.2, 0) is 23.7 Å². The summed E-state index contributed by atoms with van der Waals surface area (Å²) in [5, 5.41) is 87.4. The summed E-state index contributed by atoms with van der Waals surface area (Å²) in [5.41, 5.74) is 0. The molecular weight excluding hydrogens is 1050 g/mol. The van der Waals surface area contributed by atoms with Gasteiger partial charge in [0.05, 0.1) is 32.0 Å². The summed E-state index contributed by atoms with van der Waals surface area (Å²) in [6.45, 7) is 2.86. The molecule has 0 aromatic carbocycles. The summed E-state index contributed by atoms with van der Waals surface area (Å²) in [7, 11) is 0. The summed E-state index contributed by atoms with van der Waals surface area (Å²) in [4.78, 5) is 13.3. The standard InChI is InChI=1S/C69H133NO13/c1-3-5-7-9-11-13-15-17-19-21-23-24-25-26-27-28-29-30-31-32-33-34-35-37-39-41-43-45-47-49-51-53-61(74)70-57(58(73)52-50-48-46-44-42-40-38-36-22-20-18-16-14-12-10-8-6-4-2)56-80-68-66(79)64(77)67(60(55-72)82-68)83-69-65(78)63(76)62(75)59(54-71)81-69/h50,52,57-60,62-69,71-73,75-79H,3-49,51,53-56H2,1-2H3,(H,70,74)/b52-50+. The zero-order valence-electron chi connectivity index (χ0n) is 53.5. The lowest BCUT2D eigenvalue weighted by molar-refractivity contribution is -0.359. The first-order valence-corrected chi connectivity index (χ1v) is 35.4. The van der Waals surface area contributed by atoms with Gasteiger partial charge in [-0.15, -0.1) is 0 Å². The van der Waals surface area contributed by atoms with E-state index in [9.17, 15) is 45.6 Å². The molecule has 0 aromatic rings. The van der Waals surface area contributed by atoms with Gasteiger partial charge in [-0.1, -0.05) is 315 Å². The van der Waals surface area contributed by atoms with Gasteiger partial charge in [-0.05, 0) is 19.3 Å². The molecule has 9 N–H and O–H groups in total. The first-order valence-electron chi connectivity index (χ1n) is 35.4. The normalized spacial score (nSPS) is 23.8. The molecule has 2 fully saturated rings. The van der Waals surface area contributed by atoms with Crippen LogP contribution in [0.15, 0.2) is 12.2 Å². The second-order valence-electron chi connectivity index (χ2n) is 25.4. The van der Waals surface area contributed by atoms with Gasteiger partial charge in [-0.3, -0.25) is 4.79 Å². The Morgan fingerprint density at radius 2 is 0.747 bits per heavy atom. The van der Waals surface area contributed by atoms with Gasteiger partial charge in [-0.25, -0.2) is 0 Å². The van der Waals surface area contributed by atoms with Crippen LogP contribution >= 0.6 is 0 Å². The summed E-state index contributed by atoms with van der Waals surface area (Å²) >= 11 is 0. The van der Waals surface area contributed by atoms with E-state index in [2.05, 4.69) is 19.2 Å². The molecule has 2 aliphatic rings. The Morgan fingerprint density at radius 3 is 1.11 bits per heavy atom. The van der Waals surface area contributed by atoms with Gasteiger partial charge in [0.2, 0.25) is 5.91 Å². The molecule has 0 bridgehead atoms. The van der Waals surface area contributed by atoms with Crippen molar-refractivity contribution >= 4 is 5.91 Å². The Labute approximate surface area is 507 Å².